The number of aryl methyl sites for hydroxylation is 1. The molecule has 0 aliphatic heterocycles. The molecule has 0 radical (unpaired) electrons. The van der Waals surface area contributed by atoms with Gasteiger partial charge in [0.25, 0.3) is 5.91 Å². The quantitative estimate of drug-likeness (QED) is 0.299. The fourth-order valence-corrected chi connectivity index (χ4v) is 3.97. The van der Waals surface area contributed by atoms with Crippen LogP contribution in [0.1, 0.15) is 45.1 Å². The highest BCUT2D eigenvalue weighted by Gasteiger charge is 2.21. The van der Waals surface area contributed by atoms with Crippen LogP contribution in [0.2, 0.25) is 0 Å². The van der Waals surface area contributed by atoms with Crippen molar-refractivity contribution < 1.29 is 19.5 Å². The predicted molar refractivity (Wildman–Crippen MR) is 130 cm³/mol. The van der Waals surface area contributed by atoms with Crippen molar-refractivity contribution in [3.05, 3.63) is 83.7 Å². The van der Waals surface area contributed by atoms with Gasteiger partial charge in [0.15, 0.2) is 11.0 Å². The van der Waals surface area contributed by atoms with Crippen molar-refractivity contribution in [3.8, 4) is 0 Å². The molecule has 3 N–H and O–H groups in total. The third kappa shape index (κ3) is 6.10. The second-order valence-corrected chi connectivity index (χ2v) is 8.41. The molecule has 0 saturated carbocycles. The first-order valence-electron chi connectivity index (χ1n) is 10.5. The van der Waals surface area contributed by atoms with Crippen molar-refractivity contribution in [2.24, 2.45) is 0 Å². The molecule has 1 heterocycles. The molecule has 176 valence electrons. The number of benzene rings is 2. The van der Waals surface area contributed by atoms with Crippen molar-refractivity contribution in [1.82, 2.24) is 20.1 Å². The van der Waals surface area contributed by atoms with E-state index in [4.69, 9.17) is 5.11 Å². The van der Waals surface area contributed by atoms with Crippen molar-refractivity contribution >= 4 is 35.2 Å². The maximum atomic E-state index is 12.7. The molecule has 2 amide bonds. The van der Waals surface area contributed by atoms with Gasteiger partial charge >= 0.3 is 5.97 Å². The Hall–Kier alpha value is -3.92. The summed E-state index contributed by atoms with van der Waals surface area (Å²) < 4.78 is 1.80. The third-order valence-corrected chi connectivity index (χ3v) is 5.90. The summed E-state index contributed by atoms with van der Waals surface area (Å²) >= 11 is 1.20. The number of nitrogens with zero attached hydrogens (tertiary/aromatic N) is 3. The second kappa shape index (κ2) is 11.3. The fraction of sp³-hybridized carbons (Fsp3) is 0.208. The first-order chi connectivity index (χ1) is 16.3. The van der Waals surface area contributed by atoms with Gasteiger partial charge in [-0.2, -0.15) is 0 Å². The minimum atomic E-state index is -1.03. The molecule has 1 atom stereocenters. The van der Waals surface area contributed by atoms with E-state index in [1.54, 1.807) is 16.7 Å². The fourth-order valence-electron chi connectivity index (χ4n) is 3.22. The van der Waals surface area contributed by atoms with Gasteiger partial charge in [-0.05, 0) is 49.7 Å². The number of rotatable bonds is 10. The van der Waals surface area contributed by atoms with Crippen LogP contribution in [0, 0.1) is 6.92 Å². The summed E-state index contributed by atoms with van der Waals surface area (Å²) in [6, 6.07) is 12.8. The van der Waals surface area contributed by atoms with Gasteiger partial charge in [0.05, 0.1) is 17.4 Å². The van der Waals surface area contributed by atoms with Crippen LogP contribution >= 0.6 is 11.8 Å². The van der Waals surface area contributed by atoms with Gasteiger partial charge in [-0.3, -0.25) is 9.59 Å². The van der Waals surface area contributed by atoms with Crippen LogP contribution in [0.3, 0.4) is 0 Å². The van der Waals surface area contributed by atoms with Crippen LogP contribution in [-0.2, 0) is 11.3 Å². The van der Waals surface area contributed by atoms with E-state index in [-0.39, 0.29) is 23.1 Å². The van der Waals surface area contributed by atoms with E-state index in [0.29, 0.717) is 28.8 Å². The summed E-state index contributed by atoms with van der Waals surface area (Å²) in [6.45, 7) is 7.88. The largest absolute Gasteiger partial charge is 0.478 e. The molecule has 0 spiro atoms. The van der Waals surface area contributed by atoms with Gasteiger partial charge in [0.1, 0.15) is 0 Å². The van der Waals surface area contributed by atoms with Crippen LogP contribution in [0.15, 0.2) is 66.3 Å². The molecule has 9 nitrogen and oxygen atoms in total. The number of hydrogen-bond acceptors (Lipinski definition) is 6. The molecule has 10 heteroatoms. The number of aromatic carboxylic acids is 1. The SMILES string of the molecule is C=CCn1c(SCC(=O)Nc2ccc(C(=O)O)cc2)nnc1[C@H](C)NC(=O)c1ccccc1C. The van der Waals surface area contributed by atoms with Gasteiger partial charge in [0, 0.05) is 17.8 Å². The molecule has 3 aromatic rings. The minimum absolute atomic E-state index is 0.0694. The number of amides is 2. The molecule has 0 aliphatic carbocycles. The number of carboxylic acids is 1. The first-order valence-corrected chi connectivity index (χ1v) is 11.4. The molecule has 0 bridgehead atoms. The highest BCUT2D eigenvalue weighted by Crippen LogP contribution is 2.22. The summed E-state index contributed by atoms with van der Waals surface area (Å²) in [7, 11) is 0. The van der Waals surface area contributed by atoms with Crippen molar-refractivity contribution in [3.63, 3.8) is 0 Å². The predicted octanol–water partition coefficient (Wildman–Crippen LogP) is 3.69. The van der Waals surface area contributed by atoms with E-state index in [1.807, 2.05) is 32.0 Å². The summed E-state index contributed by atoms with van der Waals surface area (Å²) in [4.78, 5) is 36.0. The number of thioether (sulfide) groups is 1. The van der Waals surface area contributed by atoms with Gasteiger partial charge in [-0.15, -0.1) is 16.8 Å². The Labute approximate surface area is 201 Å². The molecular weight excluding hydrogens is 454 g/mol. The minimum Gasteiger partial charge on any atom is -0.478 e. The number of carbonyl (C=O) groups excluding carboxylic acids is 2. The normalized spacial score (nSPS) is 11.5. The Balaban J connectivity index is 1.65. The Bertz CT molecular complexity index is 1210. The summed E-state index contributed by atoms with van der Waals surface area (Å²) in [5.41, 5.74) is 2.10. The van der Waals surface area contributed by atoms with Gasteiger partial charge in [-0.25, -0.2) is 4.79 Å². The number of anilines is 1. The Morgan fingerprint density at radius 1 is 1.15 bits per heavy atom. The Morgan fingerprint density at radius 3 is 2.50 bits per heavy atom. The van der Waals surface area contributed by atoms with Crippen LogP contribution in [0.25, 0.3) is 0 Å². The average Bonchev–Trinajstić information content (AvgIpc) is 3.21. The zero-order valence-corrected chi connectivity index (χ0v) is 19.6. The lowest BCUT2D eigenvalue weighted by atomic mass is 10.1. The van der Waals surface area contributed by atoms with E-state index >= 15 is 0 Å². The molecule has 0 unspecified atom stereocenters. The molecule has 0 saturated heterocycles. The van der Waals surface area contributed by atoms with E-state index in [2.05, 4.69) is 27.4 Å². The standard InChI is InChI=1S/C24H25N5O4S/c1-4-13-29-21(16(3)25-22(31)19-8-6-5-7-15(19)2)27-28-24(29)34-14-20(30)26-18-11-9-17(10-12-18)23(32)33/h4-12,16H,1,13-14H2,2-3H3,(H,25,31)(H,26,30)(H,32,33)/t16-/m0/s1. The van der Waals surface area contributed by atoms with Gasteiger partial charge < -0.3 is 20.3 Å². The summed E-state index contributed by atoms with van der Waals surface area (Å²) in [6.07, 6.45) is 1.69. The lowest BCUT2D eigenvalue weighted by Crippen LogP contribution is -2.29. The zero-order chi connectivity index (χ0) is 24.7. The second-order valence-electron chi connectivity index (χ2n) is 7.47. The van der Waals surface area contributed by atoms with E-state index in [1.165, 1.54) is 36.0 Å². The van der Waals surface area contributed by atoms with Gasteiger partial charge in [0.2, 0.25) is 5.91 Å². The number of nitrogens with one attached hydrogen (secondary N) is 2. The number of carboxylic acid groups (broad SMARTS) is 1. The number of allylic oxidation sites excluding steroid dienone is 1. The number of hydrogen-bond donors (Lipinski definition) is 3. The van der Waals surface area contributed by atoms with Gasteiger partial charge in [-0.1, -0.05) is 36.0 Å². The Morgan fingerprint density at radius 2 is 1.85 bits per heavy atom. The van der Waals surface area contributed by atoms with Crippen molar-refractivity contribution in [2.45, 2.75) is 31.6 Å². The van der Waals surface area contributed by atoms with E-state index in [0.717, 1.165) is 5.56 Å². The van der Waals surface area contributed by atoms with E-state index < -0.39 is 12.0 Å². The highest BCUT2D eigenvalue weighted by atomic mass is 32.2. The van der Waals surface area contributed by atoms with Crippen LogP contribution in [0.5, 0.6) is 0 Å². The molecule has 2 aromatic carbocycles. The zero-order valence-electron chi connectivity index (χ0n) is 18.8. The van der Waals surface area contributed by atoms with Crippen LogP contribution in [-0.4, -0.2) is 43.4 Å². The number of carbonyl (C=O) groups is 3. The van der Waals surface area contributed by atoms with Crippen molar-refractivity contribution in [1.29, 1.82) is 0 Å². The van der Waals surface area contributed by atoms with Crippen molar-refractivity contribution in [2.75, 3.05) is 11.1 Å². The third-order valence-electron chi connectivity index (χ3n) is 4.93. The molecule has 0 fully saturated rings. The van der Waals surface area contributed by atoms with Crippen LogP contribution in [0.4, 0.5) is 5.69 Å². The highest BCUT2D eigenvalue weighted by molar-refractivity contribution is 7.99. The maximum Gasteiger partial charge on any atom is 0.335 e. The molecule has 0 aliphatic rings. The molecule has 3 rings (SSSR count). The van der Waals surface area contributed by atoms with Crippen LogP contribution < -0.4 is 10.6 Å². The topological polar surface area (TPSA) is 126 Å². The summed E-state index contributed by atoms with van der Waals surface area (Å²) in [5.74, 6) is -0.894. The molecular formula is C24H25N5O4S. The lowest BCUT2D eigenvalue weighted by Gasteiger charge is -2.16. The smallest absolute Gasteiger partial charge is 0.335 e. The van der Waals surface area contributed by atoms with E-state index in [9.17, 15) is 14.4 Å². The number of aromatic nitrogens is 3. The lowest BCUT2D eigenvalue weighted by molar-refractivity contribution is -0.113. The maximum absolute atomic E-state index is 12.7. The monoisotopic (exact) mass is 479 g/mol. The first kappa shape index (κ1) is 24.7. The average molecular weight is 480 g/mol. The Kier molecular flexibility index (Phi) is 8.20. The molecule has 34 heavy (non-hydrogen) atoms. The molecule has 1 aromatic heterocycles. The summed E-state index contributed by atoms with van der Waals surface area (Å²) in [5, 5.41) is 23.6.